The topological polar surface area (TPSA) is 61.9 Å². The van der Waals surface area contributed by atoms with Crippen LogP contribution in [0.5, 0.6) is 0 Å². The van der Waals surface area contributed by atoms with Crippen LogP contribution in [-0.2, 0) is 0 Å². The van der Waals surface area contributed by atoms with Crippen molar-refractivity contribution in [1.82, 2.24) is 9.71 Å². The first-order valence-corrected chi connectivity index (χ1v) is 7.04. The molecule has 3 rings (SSSR count). The number of rotatable bonds is 2. The average Bonchev–Trinajstić information content (AvgIpc) is 2.50. The molecule has 2 aromatic carbocycles. The first-order chi connectivity index (χ1) is 10.5. The summed E-state index contributed by atoms with van der Waals surface area (Å²) in [6, 6.07) is 12.0. The van der Waals surface area contributed by atoms with E-state index in [1.807, 2.05) is 26.0 Å². The van der Waals surface area contributed by atoms with Crippen LogP contribution < -0.4 is 5.62 Å². The molecule has 0 spiro atoms. The second-order valence-electron chi connectivity index (χ2n) is 5.50. The second kappa shape index (κ2) is 6.38. The highest BCUT2D eigenvalue weighted by Gasteiger charge is 2.13. The van der Waals surface area contributed by atoms with Gasteiger partial charge in [0, 0.05) is 10.9 Å². The standard InChI is InChI=1S/C17H16FN3O.ClH/c1-10(2)16-9-15(20-17(19)21(16)22)13-7-8-14(18)12-6-4-3-5-11(12)13;/h3-10,19,22H,1-2H3;1H. The minimum Gasteiger partial charge on any atom is -0.425 e. The molecule has 3 aromatic rings. The van der Waals surface area contributed by atoms with Gasteiger partial charge in [-0.2, -0.15) is 4.73 Å². The van der Waals surface area contributed by atoms with Crippen molar-refractivity contribution in [3.05, 3.63) is 59.6 Å². The number of hydrogen-bond donors (Lipinski definition) is 2. The largest absolute Gasteiger partial charge is 0.425 e. The summed E-state index contributed by atoms with van der Waals surface area (Å²) in [5.74, 6) is -0.259. The lowest BCUT2D eigenvalue weighted by atomic mass is 10.00. The van der Waals surface area contributed by atoms with Gasteiger partial charge in [-0.25, -0.2) is 9.37 Å². The molecule has 0 saturated heterocycles. The van der Waals surface area contributed by atoms with Crippen LogP contribution in [0.3, 0.4) is 0 Å². The van der Waals surface area contributed by atoms with E-state index in [9.17, 15) is 9.60 Å². The molecule has 0 aliphatic heterocycles. The molecule has 120 valence electrons. The highest BCUT2D eigenvalue weighted by atomic mass is 35.5. The van der Waals surface area contributed by atoms with Crippen LogP contribution in [0.15, 0.2) is 42.5 Å². The minimum atomic E-state index is -0.289. The fourth-order valence-electron chi connectivity index (χ4n) is 2.55. The van der Waals surface area contributed by atoms with Crippen molar-refractivity contribution in [3.8, 4) is 11.3 Å². The number of halogens is 2. The molecular formula is C17H17ClFN3O. The van der Waals surface area contributed by atoms with E-state index in [-0.39, 0.29) is 29.8 Å². The molecule has 0 saturated carbocycles. The van der Waals surface area contributed by atoms with E-state index in [0.717, 1.165) is 15.7 Å². The molecule has 6 heteroatoms. The fourth-order valence-corrected chi connectivity index (χ4v) is 2.55. The molecule has 1 aromatic heterocycles. The molecule has 1 heterocycles. The van der Waals surface area contributed by atoms with Gasteiger partial charge in [-0.3, -0.25) is 5.41 Å². The monoisotopic (exact) mass is 333 g/mol. The SMILES string of the molecule is CC(C)c1cc(-c2ccc(F)c3ccccc23)nc(=N)n1O.Cl. The van der Waals surface area contributed by atoms with Gasteiger partial charge >= 0.3 is 0 Å². The Hall–Kier alpha value is -2.40. The second-order valence-corrected chi connectivity index (χ2v) is 5.50. The minimum absolute atomic E-state index is 0. The molecule has 0 atom stereocenters. The lowest BCUT2D eigenvalue weighted by molar-refractivity contribution is 0.153. The average molecular weight is 334 g/mol. The number of aromatic nitrogens is 2. The predicted molar refractivity (Wildman–Crippen MR) is 89.5 cm³/mol. The van der Waals surface area contributed by atoms with Gasteiger partial charge in [0.25, 0.3) is 5.62 Å². The highest BCUT2D eigenvalue weighted by Crippen LogP contribution is 2.29. The van der Waals surface area contributed by atoms with Crippen molar-refractivity contribution in [1.29, 1.82) is 5.41 Å². The Labute approximate surface area is 139 Å². The smallest absolute Gasteiger partial charge is 0.256 e. The van der Waals surface area contributed by atoms with Gasteiger partial charge in [0.15, 0.2) is 0 Å². The molecular weight excluding hydrogens is 317 g/mol. The molecule has 23 heavy (non-hydrogen) atoms. The first kappa shape index (κ1) is 17.0. The van der Waals surface area contributed by atoms with Crippen molar-refractivity contribution in [3.63, 3.8) is 0 Å². The Morgan fingerprint density at radius 1 is 1.13 bits per heavy atom. The summed E-state index contributed by atoms with van der Waals surface area (Å²) in [6.45, 7) is 3.85. The summed E-state index contributed by atoms with van der Waals surface area (Å²) in [4.78, 5) is 4.12. The summed E-state index contributed by atoms with van der Waals surface area (Å²) >= 11 is 0. The molecule has 0 unspecified atom stereocenters. The van der Waals surface area contributed by atoms with Crippen molar-refractivity contribution in [2.24, 2.45) is 0 Å². The molecule has 2 N–H and O–H groups in total. The van der Waals surface area contributed by atoms with E-state index >= 15 is 0 Å². The Morgan fingerprint density at radius 3 is 2.43 bits per heavy atom. The van der Waals surface area contributed by atoms with Crippen LogP contribution in [0.2, 0.25) is 0 Å². The quantitative estimate of drug-likeness (QED) is 0.693. The molecule has 0 aliphatic rings. The summed E-state index contributed by atoms with van der Waals surface area (Å²) in [7, 11) is 0. The first-order valence-electron chi connectivity index (χ1n) is 7.04. The van der Waals surface area contributed by atoms with Crippen LogP contribution in [0.25, 0.3) is 22.0 Å². The van der Waals surface area contributed by atoms with Gasteiger partial charge in [-0.1, -0.05) is 38.1 Å². The van der Waals surface area contributed by atoms with Gasteiger partial charge in [0.05, 0.1) is 11.4 Å². The van der Waals surface area contributed by atoms with Crippen molar-refractivity contribution in [2.75, 3.05) is 0 Å². The maximum absolute atomic E-state index is 13.9. The van der Waals surface area contributed by atoms with Crippen molar-refractivity contribution in [2.45, 2.75) is 19.8 Å². The fraction of sp³-hybridized carbons (Fsp3) is 0.176. The zero-order valence-corrected chi connectivity index (χ0v) is 13.6. The number of nitrogens with zero attached hydrogens (tertiary/aromatic N) is 2. The summed E-state index contributed by atoms with van der Waals surface area (Å²) < 4.78 is 14.7. The number of fused-ring (bicyclic) bond motifs is 1. The van der Waals surface area contributed by atoms with Crippen LogP contribution in [0, 0.1) is 11.2 Å². The van der Waals surface area contributed by atoms with Gasteiger partial charge in [0.2, 0.25) is 0 Å². The van der Waals surface area contributed by atoms with E-state index in [0.29, 0.717) is 16.8 Å². The van der Waals surface area contributed by atoms with Gasteiger partial charge in [-0.05, 0) is 29.5 Å². The van der Waals surface area contributed by atoms with E-state index < -0.39 is 0 Å². The van der Waals surface area contributed by atoms with Crippen LogP contribution in [-0.4, -0.2) is 14.9 Å². The number of nitrogens with one attached hydrogen (secondary N) is 1. The number of benzene rings is 2. The van der Waals surface area contributed by atoms with Gasteiger partial charge in [-0.15, -0.1) is 12.4 Å². The third-order valence-electron chi connectivity index (χ3n) is 3.69. The van der Waals surface area contributed by atoms with Crippen LogP contribution >= 0.6 is 12.4 Å². The van der Waals surface area contributed by atoms with Crippen LogP contribution in [0.1, 0.15) is 25.5 Å². The zero-order chi connectivity index (χ0) is 15.9. The number of hydrogen-bond acceptors (Lipinski definition) is 3. The Bertz CT molecular complexity index is 921. The molecule has 0 bridgehead atoms. The predicted octanol–water partition coefficient (Wildman–Crippen LogP) is 4.10. The summed E-state index contributed by atoms with van der Waals surface area (Å²) in [6.07, 6.45) is 0. The molecule has 4 nitrogen and oxygen atoms in total. The van der Waals surface area contributed by atoms with Crippen molar-refractivity contribution < 1.29 is 9.60 Å². The summed E-state index contributed by atoms with van der Waals surface area (Å²) in [5, 5.41) is 19.0. The van der Waals surface area contributed by atoms with Gasteiger partial charge < -0.3 is 5.21 Å². The van der Waals surface area contributed by atoms with Gasteiger partial charge in [0.1, 0.15) is 5.82 Å². The molecule has 0 amide bonds. The van der Waals surface area contributed by atoms with E-state index in [2.05, 4.69) is 4.98 Å². The normalized spacial score (nSPS) is 10.8. The maximum Gasteiger partial charge on any atom is 0.256 e. The highest BCUT2D eigenvalue weighted by molar-refractivity contribution is 5.96. The zero-order valence-electron chi connectivity index (χ0n) is 12.7. The summed E-state index contributed by atoms with van der Waals surface area (Å²) in [5.41, 5.74) is 1.64. The van der Waals surface area contributed by atoms with Crippen LogP contribution in [0.4, 0.5) is 4.39 Å². The third-order valence-corrected chi connectivity index (χ3v) is 3.69. The lowest BCUT2D eigenvalue weighted by Gasteiger charge is -2.13. The molecule has 0 aliphatic carbocycles. The lowest BCUT2D eigenvalue weighted by Crippen LogP contribution is -2.25. The van der Waals surface area contributed by atoms with Crippen molar-refractivity contribution >= 4 is 23.2 Å². The maximum atomic E-state index is 13.9. The third kappa shape index (κ3) is 2.92. The molecule has 0 fully saturated rings. The molecule has 0 radical (unpaired) electrons. The van der Waals surface area contributed by atoms with E-state index in [4.69, 9.17) is 5.41 Å². The van der Waals surface area contributed by atoms with E-state index in [1.165, 1.54) is 6.07 Å². The van der Waals surface area contributed by atoms with E-state index in [1.54, 1.807) is 24.3 Å². The Kier molecular flexibility index (Phi) is 4.71. The Morgan fingerprint density at radius 2 is 1.78 bits per heavy atom. The Balaban J connectivity index is 0.00000192.